The molecule has 26 heavy (non-hydrogen) atoms. The van der Waals surface area contributed by atoms with Crippen LogP contribution in [0, 0.1) is 15.9 Å². The van der Waals surface area contributed by atoms with Crippen molar-refractivity contribution in [3.05, 3.63) is 69.5 Å². The Balaban J connectivity index is 1.89. The summed E-state index contributed by atoms with van der Waals surface area (Å²) >= 11 is 0. The molecule has 3 rings (SSSR count). The highest BCUT2D eigenvalue weighted by molar-refractivity contribution is 5.95. The number of carbonyl (C=O) groups is 1. The zero-order valence-corrected chi connectivity index (χ0v) is 14.4. The summed E-state index contributed by atoms with van der Waals surface area (Å²) in [6.45, 7) is 2.15. The van der Waals surface area contributed by atoms with Crippen LogP contribution in [0.1, 0.15) is 35.7 Å². The van der Waals surface area contributed by atoms with Gasteiger partial charge in [0.05, 0.1) is 11.5 Å². The quantitative estimate of drug-likeness (QED) is 0.555. The van der Waals surface area contributed by atoms with Crippen molar-refractivity contribution in [2.24, 2.45) is 0 Å². The number of halogens is 1. The molecule has 2 aromatic rings. The molecule has 0 atom stereocenters. The molecule has 0 radical (unpaired) electrons. The second-order valence-electron chi connectivity index (χ2n) is 6.13. The minimum absolute atomic E-state index is 0.0349. The summed E-state index contributed by atoms with van der Waals surface area (Å²) < 4.78 is 19.2. The van der Waals surface area contributed by atoms with Crippen LogP contribution in [-0.2, 0) is 6.54 Å². The maximum absolute atomic E-state index is 14.0. The number of benzene rings is 2. The van der Waals surface area contributed by atoms with E-state index in [1.165, 1.54) is 24.3 Å². The van der Waals surface area contributed by atoms with Gasteiger partial charge in [-0.15, -0.1) is 0 Å². The maximum atomic E-state index is 14.0. The van der Waals surface area contributed by atoms with Gasteiger partial charge in [-0.25, -0.2) is 4.39 Å². The van der Waals surface area contributed by atoms with Gasteiger partial charge in [-0.2, -0.15) is 0 Å². The Hall–Kier alpha value is -2.96. The fraction of sp³-hybridized carbons (Fsp3) is 0.316. The van der Waals surface area contributed by atoms with Gasteiger partial charge in [-0.3, -0.25) is 14.9 Å². The highest BCUT2D eigenvalue weighted by Gasteiger charge is 2.34. The Labute approximate surface area is 150 Å². The van der Waals surface area contributed by atoms with Crippen LogP contribution in [0.25, 0.3) is 0 Å². The lowest BCUT2D eigenvalue weighted by Crippen LogP contribution is -2.33. The van der Waals surface area contributed by atoms with Crippen LogP contribution < -0.4 is 4.74 Å². The molecule has 0 heterocycles. The number of nitro benzene ring substituents is 1. The van der Waals surface area contributed by atoms with Crippen LogP contribution in [0.3, 0.4) is 0 Å². The van der Waals surface area contributed by atoms with Crippen molar-refractivity contribution < 1.29 is 18.8 Å². The van der Waals surface area contributed by atoms with Crippen molar-refractivity contribution in [1.29, 1.82) is 0 Å². The summed E-state index contributed by atoms with van der Waals surface area (Å²) in [7, 11) is 0. The average molecular weight is 358 g/mol. The third kappa shape index (κ3) is 3.82. The summed E-state index contributed by atoms with van der Waals surface area (Å²) in [6.07, 6.45) is 1.69. The molecule has 1 aliphatic carbocycles. The lowest BCUT2D eigenvalue weighted by Gasteiger charge is -2.23. The van der Waals surface area contributed by atoms with Gasteiger partial charge in [-0.05, 0) is 38.0 Å². The minimum atomic E-state index is -0.569. The molecule has 0 aliphatic heterocycles. The first-order valence-corrected chi connectivity index (χ1v) is 8.47. The van der Waals surface area contributed by atoms with Gasteiger partial charge in [0.15, 0.2) is 5.75 Å². The third-order valence-corrected chi connectivity index (χ3v) is 4.25. The Morgan fingerprint density at radius 2 is 2.04 bits per heavy atom. The van der Waals surface area contributed by atoms with Crippen LogP contribution in [-0.4, -0.2) is 28.4 Å². The molecule has 1 amide bonds. The van der Waals surface area contributed by atoms with E-state index in [9.17, 15) is 19.3 Å². The molecule has 1 fully saturated rings. The largest absolute Gasteiger partial charge is 0.487 e. The van der Waals surface area contributed by atoms with Crippen molar-refractivity contribution in [2.45, 2.75) is 32.4 Å². The summed E-state index contributed by atoms with van der Waals surface area (Å²) in [5.74, 6) is -0.591. The minimum Gasteiger partial charge on any atom is -0.487 e. The molecule has 136 valence electrons. The van der Waals surface area contributed by atoms with Crippen molar-refractivity contribution in [1.82, 2.24) is 4.90 Å². The Kier molecular flexibility index (Phi) is 5.16. The smallest absolute Gasteiger partial charge is 0.311 e. The zero-order valence-electron chi connectivity index (χ0n) is 14.4. The van der Waals surface area contributed by atoms with E-state index < -0.39 is 4.92 Å². The lowest BCUT2D eigenvalue weighted by molar-refractivity contribution is -0.385. The molecule has 0 saturated heterocycles. The second kappa shape index (κ2) is 7.51. The van der Waals surface area contributed by atoms with Gasteiger partial charge in [0.2, 0.25) is 0 Å². The standard InChI is InChI=1S/C19H19FN2O4/c1-2-26-18-10-7-13(11-17(18)22(24)25)19(23)21(15-8-9-15)12-14-5-3-4-6-16(14)20/h3-7,10-11,15H,2,8-9,12H2,1H3. The van der Waals surface area contributed by atoms with Gasteiger partial charge < -0.3 is 9.64 Å². The summed E-state index contributed by atoms with van der Waals surface area (Å²) in [5.41, 5.74) is 0.371. The van der Waals surface area contributed by atoms with E-state index in [2.05, 4.69) is 0 Å². The number of amides is 1. The first-order valence-electron chi connectivity index (χ1n) is 8.47. The number of nitro groups is 1. The van der Waals surface area contributed by atoms with Crippen molar-refractivity contribution >= 4 is 11.6 Å². The zero-order chi connectivity index (χ0) is 18.7. The monoisotopic (exact) mass is 358 g/mol. The SMILES string of the molecule is CCOc1ccc(C(=O)N(Cc2ccccc2F)C2CC2)cc1[N+](=O)[O-]. The van der Waals surface area contributed by atoms with Crippen molar-refractivity contribution in [3.63, 3.8) is 0 Å². The van der Waals surface area contributed by atoms with Gasteiger partial charge in [0, 0.05) is 29.8 Å². The molecule has 0 N–H and O–H groups in total. The van der Waals surface area contributed by atoms with Gasteiger partial charge in [-0.1, -0.05) is 18.2 Å². The van der Waals surface area contributed by atoms with E-state index in [4.69, 9.17) is 4.74 Å². The van der Waals surface area contributed by atoms with E-state index in [0.717, 1.165) is 12.8 Å². The van der Waals surface area contributed by atoms with Crippen LogP contribution in [0.4, 0.5) is 10.1 Å². The van der Waals surface area contributed by atoms with E-state index in [0.29, 0.717) is 5.56 Å². The fourth-order valence-corrected chi connectivity index (χ4v) is 2.80. The highest BCUT2D eigenvalue weighted by atomic mass is 19.1. The fourth-order valence-electron chi connectivity index (χ4n) is 2.80. The first-order chi connectivity index (χ1) is 12.5. The third-order valence-electron chi connectivity index (χ3n) is 4.25. The number of rotatable bonds is 7. The van der Waals surface area contributed by atoms with E-state index in [-0.39, 0.29) is 47.9 Å². The average Bonchev–Trinajstić information content (AvgIpc) is 3.46. The highest BCUT2D eigenvalue weighted by Crippen LogP contribution is 2.33. The summed E-state index contributed by atoms with van der Waals surface area (Å²) in [4.78, 5) is 25.2. The summed E-state index contributed by atoms with van der Waals surface area (Å²) in [6, 6.07) is 10.5. The number of nitrogens with zero attached hydrogens (tertiary/aromatic N) is 2. The molecule has 6 nitrogen and oxygen atoms in total. The van der Waals surface area contributed by atoms with E-state index in [1.54, 1.807) is 30.0 Å². The first kappa shape index (κ1) is 17.8. The van der Waals surface area contributed by atoms with E-state index >= 15 is 0 Å². The predicted molar refractivity (Wildman–Crippen MR) is 93.6 cm³/mol. The molecule has 0 bridgehead atoms. The van der Waals surface area contributed by atoms with Gasteiger partial charge in [0.25, 0.3) is 5.91 Å². The topological polar surface area (TPSA) is 72.7 Å². The van der Waals surface area contributed by atoms with Gasteiger partial charge in [0.1, 0.15) is 5.82 Å². The molecule has 1 saturated carbocycles. The molecule has 2 aromatic carbocycles. The second-order valence-corrected chi connectivity index (χ2v) is 6.13. The molecule has 0 spiro atoms. The number of ether oxygens (including phenoxy) is 1. The molecule has 7 heteroatoms. The molecule has 1 aliphatic rings. The van der Waals surface area contributed by atoms with Crippen LogP contribution >= 0.6 is 0 Å². The maximum Gasteiger partial charge on any atom is 0.311 e. The molecule has 0 aromatic heterocycles. The summed E-state index contributed by atoms with van der Waals surface area (Å²) in [5, 5.41) is 11.3. The normalized spacial score (nSPS) is 13.3. The Morgan fingerprint density at radius 1 is 1.31 bits per heavy atom. The molecular weight excluding hydrogens is 339 g/mol. The van der Waals surface area contributed by atoms with Crippen LogP contribution in [0.2, 0.25) is 0 Å². The van der Waals surface area contributed by atoms with Gasteiger partial charge >= 0.3 is 5.69 Å². The molecular formula is C19H19FN2O4. The van der Waals surface area contributed by atoms with Crippen molar-refractivity contribution in [3.8, 4) is 5.75 Å². The number of hydrogen-bond donors (Lipinski definition) is 0. The number of carbonyl (C=O) groups excluding carboxylic acids is 1. The molecule has 0 unspecified atom stereocenters. The lowest BCUT2D eigenvalue weighted by atomic mass is 10.1. The predicted octanol–water partition coefficient (Wildman–Crippen LogP) is 3.94. The van der Waals surface area contributed by atoms with Crippen LogP contribution in [0.15, 0.2) is 42.5 Å². The van der Waals surface area contributed by atoms with Crippen LogP contribution in [0.5, 0.6) is 5.75 Å². The van der Waals surface area contributed by atoms with E-state index in [1.807, 2.05) is 0 Å². The van der Waals surface area contributed by atoms with Crippen molar-refractivity contribution in [2.75, 3.05) is 6.61 Å². The number of hydrogen-bond acceptors (Lipinski definition) is 4. The Bertz CT molecular complexity index is 836. The Morgan fingerprint density at radius 3 is 2.65 bits per heavy atom.